The summed E-state index contributed by atoms with van der Waals surface area (Å²) in [5, 5.41) is 11.9. The molecule has 1 aromatic carbocycles. The summed E-state index contributed by atoms with van der Waals surface area (Å²) in [5.74, 6) is 0. The highest BCUT2D eigenvalue weighted by atomic mass is 32.2. The Morgan fingerprint density at radius 3 is 2.79 bits per heavy atom. The summed E-state index contributed by atoms with van der Waals surface area (Å²) < 4.78 is 1.61. The molecule has 0 radical (unpaired) electrons. The van der Waals surface area contributed by atoms with Crippen molar-refractivity contribution in [1.29, 1.82) is 0 Å². The number of hydrogen-bond acceptors (Lipinski definition) is 5. The van der Waals surface area contributed by atoms with Crippen LogP contribution in [-0.4, -0.2) is 20.2 Å². The smallest absolute Gasteiger partial charge is 0.213 e. The van der Waals surface area contributed by atoms with Crippen LogP contribution in [0.15, 0.2) is 34.3 Å². The Kier molecular flexibility index (Phi) is 2.36. The molecule has 0 fully saturated rings. The van der Waals surface area contributed by atoms with Crippen LogP contribution in [0.2, 0.25) is 0 Å². The van der Waals surface area contributed by atoms with Crippen molar-refractivity contribution < 1.29 is 0 Å². The monoisotopic (exact) mass is 207 g/mol. The van der Waals surface area contributed by atoms with Crippen molar-refractivity contribution in [3.63, 3.8) is 0 Å². The molecule has 72 valence electrons. The number of benzene rings is 1. The number of hydrogen-bond donors (Lipinski definition) is 1. The van der Waals surface area contributed by atoms with Crippen molar-refractivity contribution >= 4 is 17.4 Å². The standard InChI is InChI=1S/C8H9N5S/c1-13-8(10-11-12-13)14-7-5-3-2-4-6(7)9/h2-5H,9H2,1H3. The van der Waals surface area contributed by atoms with E-state index in [0.717, 1.165) is 15.7 Å². The molecule has 0 atom stereocenters. The molecule has 0 unspecified atom stereocenters. The molecule has 14 heavy (non-hydrogen) atoms. The van der Waals surface area contributed by atoms with Crippen LogP contribution in [0.5, 0.6) is 0 Å². The van der Waals surface area contributed by atoms with E-state index < -0.39 is 0 Å². The highest BCUT2D eigenvalue weighted by molar-refractivity contribution is 7.99. The summed E-state index contributed by atoms with van der Waals surface area (Å²) in [5.41, 5.74) is 6.53. The van der Waals surface area contributed by atoms with E-state index in [2.05, 4.69) is 15.5 Å². The van der Waals surface area contributed by atoms with Gasteiger partial charge < -0.3 is 5.73 Å². The first-order valence-electron chi connectivity index (χ1n) is 4.02. The molecule has 2 N–H and O–H groups in total. The molecule has 1 aromatic heterocycles. The van der Waals surface area contributed by atoms with E-state index in [1.165, 1.54) is 11.8 Å². The van der Waals surface area contributed by atoms with Gasteiger partial charge >= 0.3 is 0 Å². The van der Waals surface area contributed by atoms with Gasteiger partial charge in [0.1, 0.15) is 0 Å². The second-order valence-electron chi connectivity index (χ2n) is 2.72. The average Bonchev–Trinajstić information content (AvgIpc) is 2.56. The van der Waals surface area contributed by atoms with E-state index in [4.69, 9.17) is 5.73 Å². The highest BCUT2D eigenvalue weighted by Crippen LogP contribution is 2.29. The van der Waals surface area contributed by atoms with E-state index in [1.54, 1.807) is 11.7 Å². The van der Waals surface area contributed by atoms with Gasteiger partial charge in [-0.25, -0.2) is 4.68 Å². The zero-order valence-electron chi connectivity index (χ0n) is 7.58. The third kappa shape index (κ3) is 1.69. The predicted molar refractivity (Wildman–Crippen MR) is 53.8 cm³/mol. The Morgan fingerprint density at radius 1 is 1.36 bits per heavy atom. The first-order chi connectivity index (χ1) is 6.77. The number of nitrogens with zero attached hydrogens (tertiary/aromatic N) is 4. The minimum Gasteiger partial charge on any atom is -0.398 e. The third-order valence-electron chi connectivity index (χ3n) is 1.70. The maximum Gasteiger partial charge on any atom is 0.213 e. The van der Waals surface area contributed by atoms with Crippen molar-refractivity contribution in [3.8, 4) is 0 Å². The highest BCUT2D eigenvalue weighted by Gasteiger charge is 2.06. The first-order valence-corrected chi connectivity index (χ1v) is 4.84. The zero-order valence-corrected chi connectivity index (χ0v) is 8.40. The lowest BCUT2D eigenvalue weighted by molar-refractivity contribution is 0.664. The molecule has 0 aliphatic rings. The summed E-state index contributed by atoms with van der Waals surface area (Å²) in [6.07, 6.45) is 0. The second kappa shape index (κ2) is 3.67. The molecule has 2 aromatic rings. The fourth-order valence-electron chi connectivity index (χ4n) is 0.980. The fraction of sp³-hybridized carbons (Fsp3) is 0.125. The molecule has 5 nitrogen and oxygen atoms in total. The number of anilines is 1. The largest absolute Gasteiger partial charge is 0.398 e. The van der Waals surface area contributed by atoms with Gasteiger partial charge in [-0.15, -0.1) is 5.10 Å². The molecule has 2 rings (SSSR count). The molecular weight excluding hydrogens is 198 g/mol. The van der Waals surface area contributed by atoms with Crippen LogP contribution in [0, 0.1) is 0 Å². The molecule has 0 bridgehead atoms. The van der Waals surface area contributed by atoms with Crippen molar-refractivity contribution in [2.24, 2.45) is 7.05 Å². The molecule has 1 heterocycles. The molecule has 0 saturated heterocycles. The summed E-state index contributed by atoms with van der Waals surface area (Å²) >= 11 is 1.45. The van der Waals surface area contributed by atoms with E-state index in [1.807, 2.05) is 24.3 Å². The van der Waals surface area contributed by atoms with Crippen molar-refractivity contribution in [2.75, 3.05) is 5.73 Å². The van der Waals surface area contributed by atoms with Crippen LogP contribution in [-0.2, 0) is 7.05 Å². The number of aryl methyl sites for hydroxylation is 1. The maximum absolute atomic E-state index is 5.79. The number of tetrazole rings is 1. The second-order valence-corrected chi connectivity index (χ2v) is 3.73. The topological polar surface area (TPSA) is 69.6 Å². The molecule has 0 aliphatic heterocycles. The summed E-state index contributed by atoms with van der Waals surface area (Å²) in [7, 11) is 1.79. The molecule has 0 aliphatic carbocycles. The van der Waals surface area contributed by atoms with Crippen LogP contribution >= 0.6 is 11.8 Å². The maximum atomic E-state index is 5.79. The van der Waals surface area contributed by atoms with E-state index >= 15 is 0 Å². The number of aromatic nitrogens is 4. The average molecular weight is 207 g/mol. The van der Waals surface area contributed by atoms with Crippen LogP contribution in [0.1, 0.15) is 0 Å². The summed E-state index contributed by atoms with van der Waals surface area (Å²) in [4.78, 5) is 0.963. The van der Waals surface area contributed by atoms with Crippen LogP contribution in [0.25, 0.3) is 0 Å². The molecular formula is C8H9N5S. The van der Waals surface area contributed by atoms with Crippen molar-refractivity contribution in [3.05, 3.63) is 24.3 Å². The minimum absolute atomic E-state index is 0.725. The number of para-hydroxylation sites is 1. The quantitative estimate of drug-likeness (QED) is 0.742. The summed E-state index contributed by atoms with van der Waals surface area (Å²) in [6, 6.07) is 7.62. The lowest BCUT2D eigenvalue weighted by atomic mass is 10.3. The molecule has 0 spiro atoms. The van der Waals surface area contributed by atoms with Gasteiger partial charge in [-0.05, 0) is 34.3 Å². The van der Waals surface area contributed by atoms with Crippen LogP contribution < -0.4 is 5.73 Å². The van der Waals surface area contributed by atoms with E-state index in [0.29, 0.717) is 0 Å². The van der Waals surface area contributed by atoms with Gasteiger partial charge in [-0.3, -0.25) is 0 Å². The summed E-state index contributed by atoms with van der Waals surface area (Å²) in [6.45, 7) is 0. The number of nitrogen functional groups attached to an aromatic ring is 1. The minimum atomic E-state index is 0.725. The first kappa shape index (κ1) is 9.01. The van der Waals surface area contributed by atoms with E-state index in [9.17, 15) is 0 Å². The third-order valence-corrected chi connectivity index (χ3v) is 2.82. The van der Waals surface area contributed by atoms with Gasteiger partial charge in [-0.2, -0.15) is 0 Å². The van der Waals surface area contributed by atoms with Gasteiger partial charge in [0, 0.05) is 17.6 Å². The Labute approximate surface area is 85.3 Å². The van der Waals surface area contributed by atoms with Crippen molar-refractivity contribution in [2.45, 2.75) is 10.1 Å². The van der Waals surface area contributed by atoms with Gasteiger partial charge in [0.15, 0.2) is 0 Å². The zero-order chi connectivity index (χ0) is 9.97. The van der Waals surface area contributed by atoms with Crippen LogP contribution in [0.3, 0.4) is 0 Å². The molecule has 0 amide bonds. The number of rotatable bonds is 2. The van der Waals surface area contributed by atoms with Gasteiger partial charge in [0.25, 0.3) is 0 Å². The SMILES string of the molecule is Cn1nnnc1Sc1ccccc1N. The Hall–Kier alpha value is -1.56. The molecule has 0 saturated carbocycles. The lowest BCUT2D eigenvalue weighted by Crippen LogP contribution is -1.94. The van der Waals surface area contributed by atoms with Crippen molar-refractivity contribution in [1.82, 2.24) is 20.2 Å². The Balaban J connectivity index is 2.28. The number of nitrogens with two attached hydrogens (primary N) is 1. The normalized spacial score (nSPS) is 10.4. The van der Waals surface area contributed by atoms with Gasteiger partial charge in [-0.1, -0.05) is 12.1 Å². The van der Waals surface area contributed by atoms with Gasteiger partial charge in [0.2, 0.25) is 5.16 Å². The predicted octanol–water partition coefficient (Wildman–Crippen LogP) is 0.943. The van der Waals surface area contributed by atoms with Gasteiger partial charge in [0.05, 0.1) is 0 Å². The Bertz CT molecular complexity index is 439. The van der Waals surface area contributed by atoms with Crippen LogP contribution in [0.4, 0.5) is 5.69 Å². The van der Waals surface area contributed by atoms with E-state index in [-0.39, 0.29) is 0 Å². The Morgan fingerprint density at radius 2 is 2.14 bits per heavy atom. The molecule has 6 heteroatoms. The lowest BCUT2D eigenvalue weighted by Gasteiger charge is -2.02. The fourth-order valence-corrected chi connectivity index (χ4v) is 1.75.